The van der Waals surface area contributed by atoms with Gasteiger partial charge in [-0.2, -0.15) is 5.10 Å². The summed E-state index contributed by atoms with van der Waals surface area (Å²) in [5.74, 6) is 0.159. The van der Waals surface area contributed by atoms with Crippen molar-refractivity contribution >= 4 is 11.6 Å². The highest BCUT2D eigenvalue weighted by Gasteiger charge is 2.29. The fourth-order valence-electron chi connectivity index (χ4n) is 3.92. The topological polar surface area (TPSA) is 72.2 Å². The Bertz CT molecular complexity index is 844. The van der Waals surface area contributed by atoms with Crippen LogP contribution in [0.2, 0.25) is 0 Å². The summed E-state index contributed by atoms with van der Waals surface area (Å²) < 4.78 is 13.4. The summed E-state index contributed by atoms with van der Waals surface area (Å²) in [6.45, 7) is 11.8. The third kappa shape index (κ3) is 3.76. The number of fused-ring (bicyclic) bond motifs is 1. The van der Waals surface area contributed by atoms with Crippen molar-refractivity contribution in [2.75, 3.05) is 46.0 Å². The van der Waals surface area contributed by atoms with Crippen molar-refractivity contribution in [2.45, 2.75) is 33.4 Å². The maximum Gasteiger partial charge on any atom is 0.225 e. The van der Waals surface area contributed by atoms with Gasteiger partial charge in [0.1, 0.15) is 6.10 Å². The molecule has 152 valence electrons. The van der Waals surface area contributed by atoms with E-state index in [2.05, 4.69) is 9.88 Å². The van der Waals surface area contributed by atoms with Crippen LogP contribution >= 0.6 is 0 Å². The van der Waals surface area contributed by atoms with Crippen molar-refractivity contribution < 1.29 is 14.3 Å². The van der Waals surface area contributed by atoms with Gasteiger partial charge in [-0.15, -0.1) is 0 Å². The highest BCUT2D eigenvalue weighted by atomic mass is 16.5. The zero-order valence-corrected chi connectivity index (χ0v) is 16.9. The molecule has 0 saturated carbocycles. The summed E-state index contributed by atoms with van der Waals surface area (Å²) in [7, 11) is 0. The molecule has 0 spiro atoms. The molecule has 2 aliphatic rings. The normalized spacial score (nSPS) is 21.6. The fourth-order valence-corrected chi connectivity index (χ4v) is 3.92. The van der Waals surface area contributed by atoms with Gasteiger partial charge >= 0.3 is 0 Å². The second-order valence-corrected chi connectivity index (χ2v) is 7.86. The molecule has 2 saturated heterocycles. The van der Waals surface area contributed by atoms with Gasteiger partial charge in [0.15, 0.2) is 5.65 Å². The quantitative estimate of drug-likeness (QED) is 0.790. The molecule has 2 aliphatic heterocycles. The Labute approximate surface area is 165 Å². The van der Waals surface area contributed by atoms with Gasteiger partial charge in [0.05, 0.1) is 37.8 Å². The van der Waals surface area contributed by atoms with Crippen LogP contribution in [0.3, 0.4) is 0 Å². The number of carbonyl (C=O) groups excluding carboxylic acids is 1. The van der Waals surface area contributed by atoms with E-state index in [4.69, 9.17) is 14.6 Å². The molecule has 0 radical (unpaired) electrons. The van der Waals surface area contributed by atoms with Gasteiger partial charge in [-0.05, 0) is 13.0 Å². The number of rotatable bonds is 4. The first-order valence-corrected chi connectivity index (χ1v) is 10.1. The lowest BCUT2D eigenvalue weighted by atomic mass is 10.1. The van der Waals surface area contributed by atoms with E-state index < -0.39 is 0 Å². The lowest BCUT2D eigenvalue weighted by molar-refractivity contribution is -0.142. The second-order valence-electron chi connectivity index (χ2n) is 7.86. The van der Waals surface area contributed by atoms with Gasteiger partial charge in [-0.1, -0.05) is 13.8 Å². The first-order chi connectivity index (χ1) is 13.5. The number of hydrogen-bond donors (Lipinski definition) is 0. The van der Waals surface area contributed by atoms with E-state index in [0.717, 1.165) is 55.4 Å². The highest BCUT2D eigenvalue weighted by molar-refractivity contribution is 5.78. The molecular weight excluding hydrogens is 358 g/mol. The van der Waals surface area contributed by atoms with Gasteiger partial charge in [0, 0.05) is 43.9 Å². The predicted octanol–water partition coefficient (Wildman–Crippen LogP) is 1.43. The largest absolute Gasteiger partial charge is 0.379 e. The Morgan fingerprint density at radius 1 is 1.25 bits per heavy atom. The van der Waals surface area contributed by atoms with Crippen LogP contribution in [0.1, 0.15) is 36.9 Å². The minimum atomic E-state index is -0.197. The third-order valence-corrected chi connectivity index (χ3v) is 5.53. The molecule has 4 rings (SSSR count). The molecular formula is C20H29N5O3. The number of nitrogens with zero attached hydrogens (tertiary/aromatic N) is 5. The Kier molecular flexibility index (Phi) is 5.61. The van der Waals surface area contributed by atoms with Crippen molar-refractivity contribution in [2.24, 2.45) is 5.92 Å². The summed E-state index contributed by atoms with van der Waals surface area (Å²) in [5, 5.41) is 4.77. The van der Waals surface area contributed by atoms with E-state index in [1.165, 1.54) is 0 Å². The van der Waals surface area contributed by atoms with Crippen LogP contribution in [0.15, 0.2) is 12.3 Å². The summed E-state index contributed by atoms with van der Waals surface area (Å²) in [6.07, 6.45) is 1.62. The van der Waals surface area contributed by atoms with E-state index in [-0.39, 0.29) is 17.9 Å². The second kappa shape index (κ2) is 8.14. The van der Waals surface area contributed by atoms with E-state index in [0.29, 0.717) is 19.7 Å². The molecule has 28 heavy (non-hydrogen) atoms. The minimum absolute atomic E-state index is 0.0109. The lowest BCUT2D eigenvalue weighted by Crippen LogP contribution is -2.44. The molecule has 8 heteroatoms. The Balaban J connectivity index is 1.61. The Morgan fingerprint density at radius 2 is 2.04 bits per heavy atom. The smallest absolute Gasteiger partial charge is 0.225 e. The van der Waals surface area contributed by atoms with E-state index in [1.54, 1.807) is 0 Å². The minimum Gasteiger partial charge on any atom is -0.379 e. The van der Waals surface area contributed by atoms with Gasteiger partial charge < -0.3 is 14.4 Å². The molecule has 1 atom stereocenters. The molecule has 0 aliphatic carbocycles. The molecule has 8 nitrogen and oxygen atoms in total. The number of aryl methyl sites for hydroxylation is 1. The molecule has 0 bridgehead atoms. The van der Waals surface area contributed by atoms with Crippen LogP contribution in [0.25, 0.3) is 5.65 Å². The van der Waals surface area contributed by atoms with E-state index >= 15 is 0 Å². The summed E-state index contributed by atoms with van der Waals surface area (Å²) in [4.78, 5) is 21.3. The van der Waals surface area contributed by atoms with Crippen LogP contribution in [0.5, 0.6) is 0 Å². The summed E-state index contributed by atoms with van der Waals surface area (Å²) in [6, 6.07) is 1.95. The maximum atomic E-state index is 12.4. The zero-order valence-electron chi connectivity index (χ0n) is 16.9. The number of ether oxygens (including phenoxy) is 2. The van der Waals surface area contributed by atoms with Gasteiger partial charge in [0.25, 0.3) is 0 Å². The molecule has 0 N–H and O–H groups in total. The Hall–Kier alpha value is -2.03. The number of amides is 1. The average molecular weight is 387 g/mol. The van der Waals surface area contributed by atoms with Crippen LogP contribution in [-0.4, -0.2) is 76.3 Å². The van der Waals surface area contributed by atoms with Crippen LogP contribution < -0.4 is 0 Å². The fraction of sp³-hybridized carbons (Fsp3) is 0.650. The molecule has 2 aromatic heterocycles. The highest BCUT2D eigenvalue weighted by Crippen LogP contribution is 2.26. The van der Waals surface area contributed by atoms with Crippen LogP contribution in [-0.2, 0) is 20.8 Å². The van der Waals surface area contributed by atoms with Crippen LogP contribution in [0, 0.1) is 12.8 Å². The van der Waals surface area contributed by atoms with E-state index in [9.17, 15) is 4.79 Å². The SMILES string of the molecule is Cc1nn2c(C3CN(C(=O)C(C)C)CCO3)ccnc2c1CN1CCOCC1. The molecule has 2 fully saturated rings. The number of aromatic nitrogens is 3. The predicted molar refractivity (Wildman–Crippen MR) is 104 cm³/mol. The van der Waals surface area contributed by atoms with Crippen molar-refractivity contribution in [3.8, 4) is 0 Å². The number of carbonyl (C=O) groups is 1. The third-order valence-electron chi connectivity index (χ3n) is 5.53. The van der Waals surface area contributed by atoms with Gasteiger partial charge in [-0.25, -0.2) is 9.50 Å². The van der Waals surface area contributed by atoms with E-state index in [1.807, 2.05) is 42.4 Å². The first kappa shape index (κ1) is 19.3. The molecule has 2 aromatic rings. The van der Waals surface area contributed by atoms with Gasteiger partial charge in [-0.3, -0.25) is 9.69 Å². The first-order valence-electron chi connectivity index (χ1n) is 10.1. The standard InChI is InChI=1S/C20H29N5O3/c1-14(2)20(26)24-8-11-28-18(13-24)17-4-5-21-19-16(15(3)22-25(17)19)12-23-6-9-27-10-7-23/h4-5,14,18H,6-13H2,1-3H3. The number of morpholine rings is 2. The monoisotopic (exact) mass is 387 g/mol. The average Bonchev–Trinajstić information content (AvgIpc) is 3.03. The number of hydrogen-bond acceptors (Lipinski definition) is 6. The van der Waals surface area contributed by atoms with Gasteiger partial charge in [0.2, 0.25) is 5.91 Å². The molecule has 1 amide bonds. The van der Waals surface area contributed by atoms with Crippen LogP contribution in [0.4, 0.5) is 0 Å². The van der Waals surface area contributed by atoms with Crippen molar-refractivity contribution in [3.63, 3.8) is 0 Å². The lowest BCUT2D eigenvalue weighted by Gasteiger charge is -2.34. The molecule has 4 heterocycles. The van der Waals surface area contributed by atoms with Crippen molar-refractivity contribution in [1.29, 1.82) is 0 Å². The molecule has 1 unspecified atom stereocenters. The maximum absolute atomic E-state index is 12.4. The summed E-state index contributed by atoms with van der Waals surface area (Å²) >= 11 is 0. The summed E-state index contributed by atoms with van der Waals surface area (Å²) in [5.41, 5.74) is 3.95. The Morgan fingerprint density at radius 3 is 2.79 bits per heavy atom. The van der Waals surface area contributed by atoms with Crippen molar-refractivity contribution in [3.05, 3.63) is 29.2 Å². The van der Waals surface area contributed by atoms with Crippen molar-refractivity contribution in [1.82, 2.24) is 24.4 Å². The zero-order chi connectivity index (χ0) is 19.7. The molecule has 0 aromatic carbocycles.